The maximum Gasteiger partial charge on any atom is 0.230 e. The molecule has 1 aliphatic heterocycles. The number of nitrogens with two attached hydrogens (primary N) is 1. The van der Waals surface area contributed by atoms with Crippen molar-refractivity contribution in [3.63, 3.8) is 0 Å². The van der Waals surface area contributed by atoms with Crippen LogP contribution in [0.3, 0.4) is 0 Å². The van der Waals surface area contributed by atoms with Crippen LogP contribution < -0.4 is 5.73 Å². The topological polar surface area (TPSA) is 46.3 Å². The van der Waals surface area contributed by atoms with Crippen LogP contribution in [0.1, 0.15) is 26.2 Å². The third-order valence-electron chi connectivity index (χ3n) is 3.68. The van der Waals surface area contributed by atoms with Gasteiger partial charge in [0.15, 0.2) is 0 Å². The van der Waals surface area contributed by atoms with Crippen molar-refractivity contribution >= 4 is 17.7 Å². The number of nitrogens with zero attached hydrogens (tertiary/aromatic N) is 1. The van der Waals surface area contributed by atoms with Gasteiger partial charge in [-0.05, 0) is 12.8 Å². The van der Waals surface area contributed by atoms with Gasteiger partial charge in [0.2, 0.25) is 5.91 Å². The number of hydrogen-bond donors (Lipinski definition) is 1. The van der Waals surface area contributed by atoms with Crippen LogP contribution in [0.15, 0.2) is 0 Å². The van der Waals surface area contributed by atoms with E-state index in [1.165, 1.54) is 6.42 Å². The standard InChI is InChI=1S/C11H20N2OS/c1-9-7-13(5-6-15-9)10(14)11(8-12)3-2-4-11/h9H,2-8,12H2,1H3. The summed E-state index contributed by atoms with van der Waals surface area (Å²) in [4.78, 5) is 14.4. The Morgan fingerprint density at radius 3 is 2.80 bits per heavy atom. The molecule has 1 atom stereocenters. The Labute approximate surface area is 95.8 Å². The fourth-order valence-corrected chi connectivity index (χ4v) is 3.46. The van der Waals surface area contributed by atoms with Crippen LogP contribution in [0.2, 0.25) is 0 Å². The lowest BCUT2D eigenvalue weighted by molar-refractivity contribution is -0.146. The van der Waals surface area contributed by atoms with Crippen LogP contribution in [0.5, 0.6) is 0 Å². The van der Waals surface area contributed by atoms with E-state index in [0.717, 1.165) is 31.7 Å². The van der Waals surface area contributed by atoms with Crippen molar-refractivity contribution in [2.24, 2.45) is 11.1 Å². The quantitative estimate of drug-likeness (QED) is 0.769. The van der Waals surface area contributed by atoms with E-state index in [4.69, 9.17) is 5.73 Å². The molecule has 2 aliphatic rings. The highest BCUT2D eigenvalue weighted by molar-refractivity contribution is 7.99. The summed E-state index contributed by atoms with van der Waals surface area (Å²) < 4.78 is 0. The summed E-state index contributed by atoms with van der Waals surface area (Å²) in [6.45, 7) is 4.55. The molecule has 1 amide bonds. The van der Waals surface area contributed by atoms with E-state index in [-0.39, 0.29) is 5.41 Å². The van der Waals surface area contributed by atoms with Crippen LogP contribution in [0, 0.1) is 5.41 Å². The van der Waals surface area contributed by atoms with E-state index < -0.39 is 0 Å². The molecule has 0 aromatic carbocycles. The SMILES string of the molecule is CC1CN(C(=O)C2(CN)CCC2)CCS1. The first-order chi connectivity index (χ1) is 7.18. The summed E-state index contributed by atoms with van der Waals surface area (Å²) in [6, 6.07) is 0. The van der Waals surface area contributed by atoms with E-state index in [1.807, 2.05) is 16.7 Å². The van der Waals surface area contributed by atoms with Gasteiger partial charge in [-0.15, -0.1) is 0 Å². The molecule has 1 aliphatic carbocycles. The van der Waals surface area contributed by atoms with Crippen molar-refractivity contribution < 1.29 is 4.79 Å². The number of thioether (sulfide) groups is 1. The third kappa shape index (κ3) is 2.02. The normalized spacial score (nSPS) is 29.7. The second kappa shape index (κ2) is 4.34. The maximum absolute atomic E-state index is 12.3. The third-order valence-corrected chi connectivity index (χ3v) is 4.82. The second-order valence-electron chi connectivity index (χ2n) is 4.77. The second-order valence-corrected chi connectivity index (χ2v) is 6.32. The zero-order valence-electron chi connectivity index (χ0n) is 9.37. The van der Waals surface area contributed by atoms with Gasteiger partial charge < -0.3 is 10.6 Å². The lowest BCUT2D eigenvalue weighted by Gasteiger charge is -2.44. The summed E-state index contributed by atoms with van der Waals surface area (Å²) in [7, 11) is 0. The van der Waals surface area contributed by atoms with Crippen molar-refractivity contribution in [1.29, 1.82) is 0 Å². The van der Waals surface area contributed by atoms with E-state index in [9.17, 15) is 4.79 Å². The average Bonchev–Trinajstić information content (AvgIpc) is 2.17. The first-order valence-electron chi connectivity index (χ1n) is 5.79. The molecule has 1 unspecified atom stereocenters. The first-order valence-corrected chi connectivity index (χ1v) is 6.84. The van der Waals surface area contributed by atoms with Crippen LogP contribution in [0.4, 0.5) is 0 Å². The van der Waals surface area contributed by atoms with Gasteiger partial charge in [-0.1, -0.05) is 13.3 Å². The van der Waals surface area contributed by atoms with Crippen LogP contribution in [-0.4, -0.2) is 41.4 Å². The molecule has 0 bridgehead atoms. The highest BCUT2D eigenvalue weighted by atomic mass is 32.2. The van der Waals surface area contributed by atoms with Gasteiger partial charge in [-0.25, -0.2) is 0 Å². The molecule has 86 valence electrons. The number of carbonyl (C=O) groups excluding carboxylic acids is 1. The molecule has 15 heavy (non-hydrogen) atoms. The summed E-state index contributed by atoms with van der Waals surface area (Å²) >= 11 is 1.96. The molecule has 2 N–H and O–H groups in total. The highest BCUT2D eigenvalue weighted by Gasteiger charge is 2.45. The molecule has 1 saturated heterocycles. The first kappa shape index (κ1) is 11.3. The molecule has 1 heterocycles. The minimum atomic E-state index is -0.179. The minimum absolute atomic E-state index is 0.179. The van der Waals surface area contributed by atoms with Gasteiger partial charge in [-0.3, -0.25) is 4.79 Å². The van der Waals surface area contributed by atoms with Crippen molar-refractivity contribution in [2.45, 2.75) is 31.4 Å². The Balaban J connectivity index is 2.00. The van der Waals surface area contributed by atoms with Crippen molar-refractivity contribution in [2.75, 3.05) is 25.4 Å². The summed E-state index contributed by atoms with van der Waals surface area (Å²) in [6.07, 6.45) is 3.17. The molecule has 2 fully saturated rings. The minimum Gasteiger partial charge on any atom is -0.340 e. The van der Waals surface area contributed by atoms with Crippen LogP contribution in [-0.2, 0) is 4.79 Å². The molecular formula is C11H20N2OS. The molecular weight excluding hydrogens is 208 g/mol. The summed E-state index contributed by atoms with van der Waals surface area (Å²) in [5, 5.41) is 0.581. The maximum atomic E-state index is 12.3. The smallest absolute Gasteiger partial charge is 0.230 e. The molecule has 3 nitrogen and oxygen atoms in total. The molecule has 1 saturated carbocycles. The molecule has 4 heteroatoms. The Hall–Kier alpha value is -0.220. The van der Waals surface area contributed by atoms with Crippen molar-refractivity contribution in [3.8, 4) is 0 Å². The van der Waals surface area contributed by atoms with Gasteiger partial charge in [0.05, 0.1) is 5.41 Å². The van der Waals surface area contributed by atoms with Gasteiger partial charge >= 0.3 is 0 Å². The van der Waals surface area contributed by atoms with Gasteiger partial charge in [0.25, 0.3) is 0 Å². The van der Waals surface area contributed by atoms with Gasteiger partial charge in [0, 0.05) is 30.6 Å². The summed E-state index contributed by atoms with van der Waals surface area (Å²) in [5.41, 5.74) is 5.58. The highest BCUT2D eigenvalue weighted by Crippen LogP contribution is 2.42. The Morgan fingerprint density at radius 1 is 1.60 bits per heavy atom. The average molecular weight is 228 g/mol. The Kier molecular flexibility index (Phi) is 3.26. The molecule has 0 aromatic rings. The lowest BCUT2D eigenvalue weighted by atomic mass is 9.68. The molecule has 0 spiro atoms. The molecule has 0 aromatic heterocycles. The molecule has 0 radical (unpaired) electrons. The van der Waals surface area contributed by atoms with Crippen LogP contribution >= 0.6 is 11.8 Å². The van der Waals surface area contributed by atoms with Gasteiger partial charge in [0.1, 0.15) is 0 Å². The fourth-order valence-electron chi connectivity index (χ4n) is 2.45. The molecule has 2 rings (SSSR count). The number of amides is 1. The van der Waals surface area contributed by atoms with Crippen molar-refractivity contribution in [1.82, 2.24) is 4.90 Å². The van der Waals surface area contributed by atoms with E-state index in [2.05, 4.69) is 6.92 Å². The number of rotatable bonds is 2. The Morgan fingerprint density at radius 2 is 2.33 bits per heavy atom. The zero-order valence-corrected chi connectivity index (χ0v) is 10.2. The number of hydrogen-bond acceptors (Lipinski definition) is 3. The van der Waals surface area contributed by atoms with E-state index >= 15 is 0 Å². The van der Waals surface area contributed by atoms with E-state index in [1.54, 1.807) is 0 Å². The lowest BCUT2D eigenvalue weighted by Crippen LogP contribution is -2.54. The fraction of sp³-hybridized carbons (Fsp3) is 0.909. The zero-order chi connectivity index (χ0) is 10.9. The predicted molar refractivity (Wildman–Crippen MR) is 63.8 cm³/mol. The van der Waals surface area contributed by atoms with Gasteiger partial charge in [-0.2, -0.15) is 11.8 Å². The largest absolute Gasteiger partial charge is 0.340 e. The monoisotopic (exact) mass is 228 g/mol. The van der Waals surface area contributed by atoms with Crippen LogP contribution in [0.25, 0.3) is 0 Å². The predicted octanol–water partition coefficient (Wildman–Crippen LogP) is 1.08. The van der Waals surface area contributed by atoms with Crippen molar-refractivity contribution in [3.05, 3.63) is 0 Å². The summed E-state index contributed by atoms with van der Waals surface area (Å²) in [5.74, 6) is 1.40. The Bertz CT molecular complexity index is 247. The number of carbonyl (C=O) groups is 1. The van der Waals surface area contributed by atoms with E-state index in [0.29, 0.717) is 17.7 Å².